The molecule has 260 valence electrons. The van der Waals surface area contributed by atoms with E-state index in [1.165, 1.54) is 5.57 Å². The second-order valence-electron chi connectivity index (χ2n) is 18.5. The quantitative estimate of drug-likeness (QED) is 0.132. The molecule has 5 aliphatic carbocycles. The van der Waals surface area contributed by atoms with Crippen LogP contribution in [0.4, 0.5) is 0 Å². The molecule has 6 heteroatoms. The summed E-state index contributed by atoms with van der Waals surface area (Å²) < 4.78 is 6.28. The number of carbonyl (C=O) groups is 3. The molecule has 4 saturated carbocycles. The van der Waals surface area contributed by atoms with Crippen molar-refractivity contribution in [2.45, 2.75) is 170 Å². The Kier molecular flexibility index (Phi) is 9.68. The van der Waals surface area contributed by atoms with Gasteiger partial charge in [0, 0.05) is 18.3 Å². The highest BCUT2D eigenvalue weighted by Gasteiger charge is 2.69. The Hall–Kier alpha value is -1.85. The van der Waals surface area contributed by atoms with Crippen LogP contribution < -0.4 is 0 Å². The fourth-order valence-corrected chi connectivity index (χ4v) is 12.3. The van der Waals surface area contributed by atoms with Crippen molar-refractivity contribution in [2.75, 3.05) is 0 Å². The maximum Gasteiger partial charge on any atom is 0.310 e. The number of unbranched alkanes of at least 4 members (excludes halogenated alkanes) is 5. The van der Waals surface area contributed by atoms with Gasteiger partial charge in [-0.25, -0.2) is 0 Å². The minimum absolute atomic E-state index is 0.0185. The molecule has 0 aromatic heterocycles. The fraction of sp³-hybridized carbons (Fsp3) is 0.875. The molecule has 0 bridgehead atoms. The van der Waals surface area contributed by atoms with Gasteiger partial charge in [0.2, 0.25) is 0 Å². The highest BCUT2D eigenvalue weighted by molar-refractivity contribution is 5.76. The van der Waals surface area contributed by atoms with E-state index in [2.05, 4.69) is 54.5 Å². The molecule has 4 fully saturated rings. The fourth-order valence-electron chi connectivity index (χ4n) is 12.3. The number of aliphatic carboxylic acids is 2. The van der Waals surface area contributed by atoms with E-state index in [1.54, 1.807) is 0 Å². The largest absolute Gasteiger partial charge is 0.481 e. The first-order chi connectivity index (χ1) is 21.4. The predicted octanol–water partition coefficient (Wildman–Crippen LogP) is 9.99. The van der Waals surface area contributed by atoms with Gasteiger partial charge in [-0.3, -0.25) is 14.4 Å². The first-order valence-corrected chi connectivity index (χ1v) is 18.8. The summed E-state index contributed by atoms with van der Waals surface area (Å²) in [5.74, 6) is -0.209. The zero-order valence-electron chi connectivity index (χ0n) is 30.1. The molecule has 0 saturated heterocycles. The van der Waals surface area contributed by atoms with Crippen LogP contribution >= 0.6 is 0 Å². The van der Waals surface area contributed by atoms with E-state index in [9.17, 15) is 19.5 Å². The summed E-state index contributed by atoms with van der Waals surface area (Å²) in [5, 5.41) is 19.4. The minimum Gasteiger partial charge on any atom is -0.481 e. The van der Waals surface area contributed by atoms with E-state index in [0.29, 0.717) is 18.3 Å². The third-order valence-electron chi connectivity index (χ3n) is 15.3. The number of hydrogen-bond acceptors (Lipinski definition) is 4. The van der Waals surface area contributed by atoms with Gasteiger partial charge >= 0.3 is 17.9 Å². The van der Waals surface area contributed by atoms with E-state index >= 15 is 0 Å². The molecule has 0 aromatic carbocycles. The van der Waals surface area contributed by atoms with E-state index in [0.717, 1.165) is 103 Å². The molecule has 5 rings (SSSR count). The van der Waals surface area contributed by atoms with Crippen LogP contribution in [0.2, 0.25) is 0 Å². The second-order valence-corrected chi connectivity index (χ2v) is 18.5. The monoisotopic (exact) mass is 640 g/mol. The highest BCUT2D eigenvalue weighted by atomic mass is 16.5. The Morgan fingerprint density at radius 2 is 1.39 bits per heavy atom. The normalized spacial score (nSPS) is 40.7. The first kappa shape index (κ1) is 35.5. The number of rotatable bonds is 11. The van der Waals surface area contributed by atoms with Crippen LogP contribution in [0.5, 0.6) is 0 Å². The summed E-state index contributed by atoms with van der Waals surface area (Å²) in [6.45, 7) is 17.0. The minimum atomic E-state index is -0.726. The van der Waals surface area contributed by atoms with E-state index < -0.39 is 17.4 Å². The van der Waals surface area contributed by atoms with Crippen molar-refractivity contribution in [2.24, 2.45) is 50.2 Å². The average molecular weight is 641 g/mol. The van der Waals surface area contributed by atoms with Crippen LogP contribution in [-0.4, -0.2) is 34.2 Å². The van der Waals surface area contributed by atoms with Gasteiger partial charge in [0.15, 0.2) is 0 Å². The molecule has 0 amide bonds. The topological polar surface area (TPSA) is 101 Å². The van der Waals surface area contributed by atoms with Gasteiger partial charge in [-0.05, 0) is 116 Å². The van der Waals surface area contributed by atoms with Gasteiger partial charge in [-0.2, -0.15) is 0 Å². The molecule has 46 heavy (non-hydrogen) atoms. The zero-order chi connectivity index (χ0) is 33.8. The lowest BCUT2D eigenvalue weighted by Gasteiger charge is -2.71. The summed E-state index contributed by atoms with van der Waals surface area (Å²) in [4.78, 5) is 36.6. The predicted molar refractivity (Wildman–Crippen MR) is 181 cm³/mol. The SMILES string of the molecule is CC1(C)CC[C@]2(C(=O)O)CC[C@]3(C)C(=CC[C@@H]4[C@@]5(C)CCC(OC(=O)CCCCCCCCC(=O)O)C(C)(C)[C@@H]5CC[C@]43C)[C@@H]2C1. The maximum atomic E-state index is 13.0. The van der Waals surface area contributed by atoms with Crippen molar-refractivity contribution in [1.29, 1.82) is 0 Å². The molecule has 0 radical (unpaired) electrons. The number of carbonyl (C=O) groups excluding carboxylic acids is 1. The number of hydrogen-bond donors (Lipinski definition) is 2. The summed E-state index contributed by atoms with van der Waals surface area (Å²) >= 11 is 0. The third kappa shape index (κ3) is 5.88. The van der Waals surface area contributed by atoms with E-state index in [4.69, 9.17) is 9.84 Å². The third-order valence-corrected chi connectivity index (χ3v) is 15.3. The molecule has 6 nitrogen and oxygen atoms in total. The molecule has 0 spiro atoms. The molecule has 0 aliphatic heterocycles. The number of carboxylic acids is 2. The maximum absolute atomic E-state index is 13.0. The number of carboxylic acid groups (broad SMARTS) is 2. The van der Waals surface area contributed by atoms with Crippen molar-refractivity contribution in [3.63, 3.8) is 0 Å². The number of allylic oxidation sites excluding steroid dienone is 2. The van der Waals surface area contributed by atoms with Gasteiger partial charge in [0.25, 0.3) is 0 Å². The van der Waals surface area contributed by atoms with Crippen molar-refractivity contribution < 1.29 is 29.3 Å². The zero-order valence-corrected chi connectivity index (χ0v) is 30.1. The van der Waals surface area contributed by atoms with Crippen LogP contribution in [0.25, 0.3) is 0 Å². The Morgan fingerprint density at radius 1 is 0.761 bits per heavy atom. The number of esters is 1. The van der Waals surface area contributed by atoms with Crippen LogP contribution in [-0.2, 0) is 19.1 Å². The lowest BCUT2D eigenvalue weighted by atomic mass is 9.33. The van der Waals surface area contributed by atoms with Crippen LogP contribution in [0.1, 0.15) is 164 Å². The first-order valence-electron chi connectivity index (χ1n) is 18.8. The Bertz CT molecular complexity index is 1220. The van der Waals surface area contributed by atoms with Gasteiger partial charge in [-0.15, -0.1) is 0 Å². The van der Waals surface area contributed by atoms with Crippen LogP contribution in [0, 0.1) is 50.2 Å². The smallest absolute Gasteiger partial charge is 0.310 e. The number of fused-ring (bicyclic) bond motifs is 7. The average Bonchev–Trinajstić information content (AvgIpc) is 2.95. The summed E-state index contributed by atoms with van der Waals surface area (Å²) in [7, 11) is 0. The van der Waals surface area contributed by atoms with Gasteiger partial charge < -0.3 is 14.9 Å². The standard InChI is InChI=1S/C40H64O6/c1-35(2)22-24-40(34(44)45)25-23-38(6)27(28(40)26-35)16-17-30-37(5)20-19-31(36(3,4)29(37)18-21-39(30,38)7)46-33(43)15-13-11-9-8-10-12-14-32(41)42/h16,28-31H,8-15,17-26H2,1-7H3,(H,41,42)(H,44,45)/t28-,29-,30+,31?,37-,38+,39+,40-/m0/s1. The highest BCUT2D eigenvalue weighted by Crippen LogP contribution is 2.75. The van der Waals surface area contributed by atoms with Crippen LogP contribution in [0.3, 0.4) is 0 Å². The van der Waals surface area contributed by atoms with E-state index in [-0.39, 0.29) is 51.5 Å². The van der Waals surface area contributed by atoms with Gasteiger partial charge in [0.1, 0.15) is 6.10 Å². The molecular weight excluding hydrogens is 576 g/mol. The lowest BCUT2D eigenvalue weighted by Crippen LogP contribution is -2.65. The molecule has 2 N–H and O–H groups in total. The number of ether oxygens (including phenoxy) is 1. The van der Waals surface area contributed by atoms with Gasteiger partial charge in [-0.1, -0.05) is 85.8 Å². The summed E-state index contributed by atoms with van der Waals surface area (Å²) in [5.41, 5.74) is 1.25. The molecule has 8 atom stereocenters. The summed E-state index contributed by atoms with van der Waals surface area (Å²) in [6.07, 6.45) is 18.6. The van der Waals surface area contributed by atoms with E-state index in [1.807, 2.05) is 0 Å². The van der Waals surface area contributed by atoms with Crippen molar-refractivity contribution in [3.05, 3.63) is 11.6 Å². The second kappa shape index (κ2) is 12.6. The molecule has 1 unspecified atom stereocenters. The van der Waals surface area contributed by atoms with Crippen molar-refractivity contribution in [3.8, 4) is 0 Å². The Labute approximate surface area is 278 Å². The Morgan fingerprint density at radius 3 is 2.04 bits per heavy atom. The van der Waals surface area contributed by atoms with Crippen molar-refractivity contribution >= 4 is 17.9 Å². The lowest BCUT2D eigenvalue weighted by molar-refractivity contribution is -0.214. The summed E-state index contributed by atoms with van der Waals surface area (Å²) in [6, 6.07) is 0. The molecule has 0 aromatic rings. The molecule has 5 aliphatic rings. The molecule has 0 heterocycles. The Balaban J connectivity index is 1.27. The van der Waals surface area contributed by atoms with Gasteiger partial charge in [0.05, 0.1) is 5.41 Å². The molecular formula is C40H64O6. The van der Waals surface area contributed by atoms with Crippen molar-refractivity contribution in [1.82, 2.24) is 0 Å². The van der Waals surface area contributed by atoms with Crippen LogP contribution in [0.15, 0.2) is 11.6 Å².